The average molecular weight is 286 g/mol. The molecule has 0 aliphatic carbocycles. The normalized spacial score (nSPS) is 18.5. The molecule has 0 aromatic carbocycles. The van der Waals surface area contributed by atoms with E-state index in [9.17, 15) is 9.59 Å². The van der Waals surface area contributed by atoms with E-state index in [0.717, 1.165) is 45.3 Å². The summed E-state index contributed by atoms with van der Waals surface area (Å²) >= 11 is 0. The van der Waals surface area contributed by atoms with Crippen molar-refractivity contribution < 1.29 is 19.4 Å². The molecule has 1 aliphatic rings. The molecule has 1 aliphatic heterocycles. The molecule has 2 amide bonds. The third kappa shape index (κ3) is 8.74. The van der Waals surface area contributed by atoms with Crippen molar-refractivity contribution in [3.05, 3.63) is 0 Å². The zero-order valence-corrected chi connectivity index (χ0v) is 12.0. The lowest BCUT2D eigenvalue weighted by Crippen LogP contribution is -2.40. The second kappa shape index (κ2) is 10.5. The SMILES string of the molecule is O=C(O)CCCCCCNC(=O)NCC1CCCOC1. The van der Waals surface area contributed by atoms with E-state index >= 15 is 0 Å². The Morgan fingerprint density at radius 2 is 1.95 bits per heavy atom. The number of hydrogen-bond donors (Lipinski definition) is 3. The van der Waals surface area contributed by atoms with Gasteiger partial charge in [0.1, 0.15) is 0 Å². The Balaban J connectivity index is 1.88. The van der Waals surface area contributed by atoms with Gasteiger partial charge in [-0.2, -0.15) is 0 Å². The monoisotopic (exact) mass is 286 g/mol. The number of hydrogen-bond acceptors (Lipinski definition) is 3. The highest BCUT2D eigenvalue weighted by molar-refractivity contribution is 5.73. The summed E-state index contributed by atoms with van der Waals surface area (Å²) < 4.78 is 5.35. The largest absolute Gasteiger partial charge is 0.481 e. The summed E-state index contributed by atoms with van der Waals surface area (Å²) in [5.41, 5.74) is 0. The molecule has 0 radical (unpaired) electrons. The molecule has 20 heavy (non-hydrogen) atoms. The molecule has 0 aromatic rings. The minimum absolute atomic E-state index is 0.124. The van der Waals surface area contributed by atoms with Crippen LogP contribution in [0.3, 0.4) is 0 Å². The van der Waals surface area contributed by atoms with Crippen LogP contribution in [0.4, 0.5) is 4.79 Å². The Morgan fingerprint density at radius 3 is 2.65 bits per heavy atom. The predicted octanol–water partition coefficient (Wildman–Crippen LogP) is 1.75. The zero-order chi connectivity index (χ0) is 14.6. The van der Waals surface area contributed by atoms with E-state index in [1.54, 1.807) is 0 Å². The maximum atomic E-state index is 11.5. The number of carboxylic acid groups (broad SMARTS) is 1. The molecule has 0 saturated carbocycles. The fraction of sp³-hybridized carbons (Fsp3) is 0.857. The van der Waals surface area contributed by atoms with Crippen LogP contribution in [0.15, 0.2) is 0 Å². The van der Waals surface area contributed by atoms with Gasteiger partial charge in [0.05, 0.1) is 6.61 Å². The van der Waals surface area contributed by atoms with E-state index in [4.69, 9.17) is 9.84 Å². The molecule has 0 bridgehead atoms. The molecule has 1 saturated heterocycles. The van der Waals surface area contributed by atoms with E-state index in [1.165, 1.54) is 0 Å². The van der Waals surface area contributed by atoms with Crippen LogP contribution in [0.2, 0.25) is 0 Å². The highest BCUT2D eigenvalue weighted by Crippen LogP contribution is 2.11. The van der Waals surface area contributed by atoms with E-state index in [0.29, 0.717) is 25.4 Å². The van der Waals surface area contributed by atoms with Gasteiger partial charge in [-0.25, -0.2) is 4.79 Å². The van der Waals surface area contributed by atoms with Crippen molar-refractivity contribution in [1.29, 1.82) is 0 Å². The Bertz CT molecular complexity index is 291. The van der Waals surface area contributed by atoms with E-state index in [1.807, 2.05) is 0 Å². The molecule has 1 atom stereocenters. The number of urea groups is 1. The summed E-state index contributed by atoms with van der Waals surface area (Å²) in [6, 6.07) is -0.124. The lowest BCUT2D eigenvalue weighted by Gasteiger charge is -2.22. The summed E-state index contributed by atoms with van der Waals surface area (Å²) in [5, 5.41) is 14.2. The standard InChI is InChI=1S/C14H26N2O4/c17-13(18)7-3-1-2-4-8-15-14(19)16-10-12-6-5-9-20-11-12/h12H,1-11H2,(H,17,18)(H2,15,16,19). The minimum Gasteiger partial charge on any atom is -0.481 e. The molecule has 6 nitrogen and oxygen atoms in total. The minimum atomic E-state index is -0.741. The highest BCUT2D eigenvalue weighted by atomic mass is 16.5. The summed E-state index contributed by atoms with van der Waals surface area (Å²) in [4.78, 5) is 21.8. The van der Waals surface area contributed by atoms with Crippen LogP contribution >= 0.6 is 0 Å². The van der Waals surface area contributed by atoms with Crippen molar-refractivity contribution >= 4 is 12.0 Å². The van der Waals surface area contributed by atoms with Gasteiger partial charge in [0.25, 0.3) is 0 Å². The Labute approximate surface area is 120 Å². The highest BCUT2D eigenvalue weighted by Gasteiger charge is 2.14. The second-order valence-corrected chi connectivity index (χ2v) is 5.28. The number of carbonyl (C=O) groups excluding carboxylic acids is 1. The van der Waals surface area contributed by atoms with Crippen molar-refractivity contribution in [2.75, 3.05) is 26.3 Å². The van der Waals surface area contributed by atoms with Gasteiger partial charge in [-0.3, -0.25) is 4.79 Å². The lowest BCUT2D eigenvalue weighted by molar-refractivity contribution is -0.137. The maximum absolute atomic E-state index is 11.5. The number of carboxylic acids is 1. The summed E-state index contributed by atoms with van der Waals surface area (Å²) in [5.74, 6) is -0.306. The Kier molecular flexibility index (Phi) is 8.78. The van der Waals surface area contributed by atoms with Crippen LogP contribution in [0.25, 0.3) is 0 Å². The number of unbranched alkanes of at least 4 members (excludes halogenated alkanes) is 3. The van der Waals surface area contributed by atoms with Crippen LogP contribution in [-0.2, 0) is 9.53 Å². The van der Waals surface area contributed by atoms with Gasteiger partial charge >= 0.3 is 12.0 Å². The number of carbonyl (C=O) groups is 2. The summed E-state index contributed by atoms with van der Waals surface area (Å²) in [6.07, 6.45) is 5.87. The molecule has 1 rings (SSSR count). The zero-order valence-electron chi connectivity index (χ0n) is 12.0. The van der Waals surface area contributed by atoms with Crippen LogP contribution in [0.1, 0.15) is 44.9 Å². The van der Waals surface area contributed by atoms with Gasteiger partial charge in [-0.05, 0) is 31.6 Å². The van der Waals surface area contributed by atoms with Crippen molar-refractivity contribution in [3.8, 4) is 0 Å². The third-order valence-electron chi connectivity index (χ3n) is 3.41. The number of rotatable bonds is 9. The molecule has 0 aromatic heterocycles. The molecule has 1 unspecified atom stereocenters. The van der Waals surface area contributed by atoms with Crippen molar-refractivity contribution in [2.24, 2.45) is 5.92 Å². The fourth-order valence-electron chi connectivity index (χ4n) is 2.22. The molecule has 0 spiro atoms. The van der Waals surface area contributed by atoms with E-state index < -0.39 is 5.97 Å². The molecule has 1 heterocycles. The first-order valence-electron chi connectivity index (χ1n) is 7.49. The summed E-state index contributed by atoms with van der Waals surface area (Å²) in [7, 11) is 0. The fourth-order valence-corrected chi connectivity index (χ4v) is 2.22. The van der Waals surface area contributed by atoms with Crippen LogP contribution in [0, 0.1) is 5.92 Å². The van der Waals surface area contributed by atoms with Crippen molar-refractivity contribution in [3.63, 3.8) is 0 Å². The van der Waals surface area contributed by atoms with Gasteiger partial charge in [0.2, 0.25) is 0 Å². The quantitative estimate of drug-likeness (QED) is 0.563. The van der Waals surface area contributed by atoms with Crippen molar-refractivity contribution in [1.82, 2.24) is 10.6 Å². The topological polar surface area (TPSA) is 87.7 Å². The first kappa shape index (κ1) is 16.8. The van der Waals surface area contributed by atoms with Gasteiger partial charge in [-0.15, -0.1) is 0 Å². The van der Waals surface area contributed by atoms with Gasteiger partial charge in [0.15, 0.2) is 0 Å². The smallest absolute Gasteiger partial charge is 0.314 e. The molecule has 1 fully saturated rings. The molecule has 116 valence electrons. The second-order valence-electron chi connectivity index (χ2n) is 5.28. The van der Waals surface area contributed by atoms with E-state index in [-0.39, 0.29) is 12.5 Å². The first-order valence-corrected chi connectivity index (χ1v) is 7.49. The number of ether oxygens (including phenoxy) is 1. The van der Waals surface area contributed by atoms with Crippen LogP contribution in [0.5, 0.6) is 0 Å². The number of aliphatic carboxylic acids is 1. The maximum Gasteiger partial charge on any atom is 0.314 e. The Morgan fingerprint density at radius 1 is 1.15 bits per heavy atom. The van der Waals surface area contributed by atoms with Gasteiger partial charge in [0, 0.05) is 26.1 Å². The van der Waals surface area contributed by atoms with Crippen LogP contribution in [-0.4, -0.2) is 43.4 Å². The van der Waals surface area contributed by atoms with Crippen LogP contribution < -0.4 is 10.6 Å². The molecule has 6 heteroatoms. The number of nitrogens with one attached hydrogen (secondary N) is 2. The van der Waals surface area contributed by atoms with Crippen molar-refractivity contribution in [2.45, 2.75) is 44.9 Å². The predicted molar refractivity (Wildman–Crippen MR) is 75.7 cm³/mol. The number of amides is 2. The molecular formula is C14H26N2O4. The average Bonchev–Trinajstić information content (AvgIpc) is 2.45. The molecule has 3 N–H and O–H groups in total. The van der Waals surface area contributed by atoms with Gasteiger partial charge in [-0.1, -0.05) is 12.8 Å². The lowest BCUT2D eigenvalue weighted by atomic mass is 10.0. The Hall–Kier alpha value is -1.30. The van der Waals surface area contributed by atoms with Gasteiger partial charge < -0.3 is 20.5 Å². The summed E-state index contributed by atoms with van der Waals surface area (Å²) in [6.45, 7) is 2.89. The third-order valence-corrected chi connectivity index (χ3v) is 3.41. The first-order chi connectivity index (χ1) is 9.68. The van der Waals surface area contributed by atoms with E-state index in [2.05, 4.69) is 10.6 Å². The molecular weight excluding hydrogens is 260 g/mol.